The third-order valence-electron chi connectivity index (χ3n) is 6.20. The van der Waals surface area contributed by atoms with E-state index in [-0.39, 0.29) is 24.4 Å². The van der Waals surface area contributed by atoms with Crippen LogP contribution in [0.2, 0.25) is 0 Å². The Morgan fingerprint density at radius 2 is 1.85 bits per heavy atom. The van der Waals surface area contributed by atoms with Gasteiger partial charge in [0.05, 0.1) is 13.2 Å². The quantitative estimate of drug-likeness (QED) is 0.355. The highest BCUT2D eigenvalue weighted by Gasteiger charge is 2.34. The highest BCUT2D eigenvalue weighted by Crippen LogP contribution is 2.38. The highest BCUT2D eigenvalue weighted by atomic mass is 79.9. The predicted molar refractivity (Wildman–Crippen MR) is 140 cm³/mol. The van der Waals surface area contributed by atoms with E-state index in [0.29, 0.717) is 18.7 Å². The van der Waals surface area contributed by atoms with Gasteiger partial charge in [-0.3, -0.25) is 9.59 Å². The van der Waals surface area contributed by atoms with Crippen LogP contribution in [0.4, 0.5) is 0 Å². The third-order valence-corrected chi connectivity index (χ3v) is 7.73. The van der Waals surface area contributed by atoms with Crippen LogP contribution in [0, 0.1) is 0 Å². The Bertz CT molecular complexity index is 1130. The SMILES string of the molecule is CCCCN(CC(=O)N1CCc2sccc2C1c1ccc(OC)cc1)C(=O)c1ccc(Br)cc1. The first-order chi connectivity index (χ1) is 16.5. The fraction of sp³-hybridized carbons (Fsp3) is 0.333. The van der Waals surface area contributed by atoms with Crippen LogP contribution in [0.1, 0.15) is 52.2 Å². The number of hydrogen-bond acceptors (Lipinski definition) is 4. The summed E-state index contributed by atoms with van der Waals surface area (Å²) in [5, 5.41) is 2.10. The average Bonchev–Trinajstić information content (AvgIpc) is 3.35. The van der Waals surface area contributed by atoms with Gasteiger partial charge >= 0.3 is 0 Å². The lowest BCUT2D eigenvalue weighted by Gasteiger charge is -2.37. The second-order valence-electron chi connectivity index (χ2n) is 8.40. The van der Waals surface area contributed by atoms with Crippen LogP contribution >= 0.6 is 27.3 Å². The summed E-state index contributed by atoms with van der Waals surface area (Å²) in [6, 6.07) is 17.2. The van der Waals surface area contributed by atoms with Gasteiger partial charge in [0, 0.05) is 28.0 Å². The molecule has 1 aliphatic rings. The summed E-state index contributed by atoms with van der Waals surface area (Å²) in [7, 11) is 1.65. The number of ether oxygens (including phenoxy) is 1. The number of carbonyl (C=O) groups is 2. The summed E-state index contributed by atoms with van der Waals surface area (Å²) in [4.78, 5) is 31.9. The topological polar surface area (TPSA) is 49.9 Å². The molecule has 7 heteroatoms. The fourth-order valence-electron chi connectivity index (χ4n) is 4.36. The Labute approximate surface area is 213 Å². The molecule has 1 unspecified atom stereocenters. The van der Waals surface area contributed by atoms with Crippen molar-refractivity contribution in [2.24, 2.45) is 0 Å². The molecule has 34 heavy (non-hydrogen) atoms. The van der Waals surface area contributed by atoms with Gasteiger partial charge in [-0.1, -0.05) is 41.4 Å². The second-order valence-corrected chi connectivity index (χ2v) is 10.3. The molecule has 0 fully saturated rings. The molecule has 0 spiro atoms. The third kappa shape index (κ3) is 5.36. The van der Waals surface area contributed by atoms with Gasteiger partial charge in [0.2, 0.25) is 5.91 Å². The fourth-order valence-corrected chi connectivity index (χ4v) is 5.53. The number of rotatable bonds is 8. The monoisotopic (exact) mass is 540 g/mol. The number of amides is 2. The number of hydrogen-bond donors (Lipinski definition) is 0. The number of halogens is 1. The van der Waals surface area contributed by atoms with E-state index in [1.54, 1.807) is 35.5 Å². The lowest BCUT2D eigenvalue weighted by molar-refractivity contribution is -0.134. The Morgan fingerprint density at radius 1 is 1.12 bits per heavy atom. The van der Waals surface area contributed by atoms with Crippen LogP contribution in [-0.2, 0) is 11.2 Å². The van der Waals surface area contributed by atoms with Crippen molar-refractivity contribution in [3.63, 3.8) is 0 Å². The van der Waals surface area contributed by atoms with Crippen LogP contribution in [0.5, 0.6) is 5.75 Å². The summed E-state index contributed by atoms with van der Waals surface area (Å²) < 4.78 is 6.24. The molecule has 1 aromatic heterocycles. The van der Waals surface area contributed by atoms with Crippen molar-refractivity contribution in [1.82, 2.24) is 9.80 Å². The van der Waals surface area contributed by atoms with E-state index < -0.39 is 0 Å². The molecule has 1 atom stereocenters. The van der Waals surface area contributed by atoms with E-state index in [1.807, 2.05) is 41.3 Å². The van der Waals surface area contributed by atoms with Crippen molar-refractivity contribution in [2.45, 2.75) is 32.2 Å². The molecule has 0 N–H and O–H groups in total. The molecule has 5 nitrogen and oxygen atoms in total. The Hall–Kier alpha value is -2.64. The smallest absolute Gasteiger partial charge is 0.254 e. The maximum absolute atomic E-state index is 13.7. The minimum atomic E-state index is -0.163. The molecule has 3 aromatic rings. The number of unbranched alkanes of at least 4 members (excludes halogenated alkanes) is 1. The Kier molecular flexibility index (Phi) is 8.06. The molecule has 178 valence electrons. The van der Waals surface area contributed by atoms with E-state index in [9.17, 15) is 9.59 Å². The standard InChI is InChI=1S/C27H29BrN2O3S/c1-3-4-15-29(27(32)20-5-9-21(28)10-6-20)18-25(31)30-16-13-24-23(14-17-34-24)26(30)19-7-11-22(33-2)12-8-19/h5-12,14,17,26H,3-4,13,15-16,18H2,1-2H3. The molecular weight excluding hydrogens is 512 g/mol. The van der Waals surface area contributed by atoms with Gasteiger partial charge in [0.1, 0.15) is 12.3 Å². The normalized spacial score (nSPS) is 15.0. The lowest BCUT2D eigenvalue weighted by Crippen LogP contribution is -2.47. The maximum Gasteiger partial charge on any atom is 0.254 e. The van der Waals surface area contributed by atoms with Gasteiger partial charge in [-0.15, -0.1) is 11.3 Å². The maximum atomic E-state index is 13.7. The van der Waals surface area contributed by atoms with E-state index in [1.165, 1.54) is 10.4 Å². The van der Waals surface area contributed by atoms with Crippen molar-refractivity contribution >= 4 is 39.1 Å². The van der Waals surface area contributed by atoms with E-state index in [2.05, 4.69) is 34.3 Å². The minimum absolute atomic E-state index is 0.0285. The molecule has 1 aliphatic heterocycles. The summed E-state index contributed by atoms with van der Waals surface area (Å²) in [5.41, 5.74) is 2.82. The molecule has 0 bridgehead atoms. The van der Waals surface area contributed by atoms with Crippen molar-refractivity contribution in [3.05, 3.63) is 86.0 Å². The zero-order valence-electron chi connectivity index (χ0n) is 19.5. The van der Waals surface area contributed by atoms with E-state index >= 15 is 0 Å². The van der Waals surface area contributed by atoms with Gasteiger partial charge in [-0.05, 0) is 71.8 Å². The summed E-state index contributed by atoms with van der Waals surface area (Å²) in [6.07, 6.45) is 2.64. The van der Waals surface area contributed by atoms with E-state index in [4.69, 9.17) is 4.74 Å². The molecule has 0 saturated carbocycles. The number of methoxy groups -OCH3 is 1. The molecule has 2 aromatic carbocycles. The van der Waals surface area contributed by atoms with Crippen molar-refractivity contribution in [2.75, 3.05) is 26.7 Å². The molecule has 4 rings (SSSR count). The van der Waals surface area contributed by atoms with Crippen molar-refractivity contribution in [3.8, 4) is 5.75 Å². The number of nitrogens with zero attached hydrogens (tertiary/aromatic N) is 2. The second kappa shape index (κ2) is 11.2. The lowest BCUT2D eigenvalue weighted by atomic mass is 9.93. The molecule has 2 amide bonds. The first-order valence-electron chi connectivity index (χ1n) is 11.6. The van der Waals surface area contributed by atoms with Crippen LogP contribution in [0.25, 0.3) is 0 Å². The van der Waals surface area contributed by atoms with Crippen molar-refractivity contribution < 1.29 is 14.3 Å². The van der Waals surface area contributed by atoms with Gasteiger partial charge in [0.25, 0.3) is 5.91 Å². The van der Waals surface area contributed by atoms with Crippen LogP contribution < -0.4 is 4.74 Å². The number of thiophene rings is 1. The summed E-state index contributed by atoms with van der Waals surface area (Å²) >= 11 is 5.16. The minimum Gasteiger partial charge on any atom is -0.497 e. The number of benzene rings is 2. The molecule has 2 heterocycles. The zero-order valence-corrected chi connectivity index (χ0v) is 21.9. The van der Waals surface area contributed by atoms with Crippen LogP contribution in [-0.4, -0.2) is 48.4 Å². The first kappa shape index (κ1) is 24.5. The summed E-state index contributed by atoms with van der Waals surface area (Å²) in [5.74, 6) is 0.650. The van der Waals surface area contributed by atoms with E-state index in [0.717, 1.165) is 35.0 Å². The molecule has 0 radical (unpaired) electrons. The highest BCUT2D eigenvalue weighted by molar-refractivity contribution is 9.10. The Morgan fingerprint density at radius 3 is 2.53 bits per heavy atom. The first-order valence-corrected chi connectivity index (χ1v) is 13.2. The van der Waals surface area contributed by atoms with Gasteiger partial charge in [-0.2, -0.15) is 0 Å². The number of fused-ring (bicyclic) bond motifs is 1. The Balaban J connectivity index is 1.60. The zero-order chi connectivity index (χ0) is 24.1. The van der Waals surface area contributed by atoms with Crippen molar-refractivity contribution in [1.29, 1.82) is 0 Å². The largest absolute Gasteiger partial charge is 0.497 e. The molecule has 0 aliphatic carbocycles. The average molecular weight is 542 g/mol. The number of carbonyl (C=O) groups excluding carboxylic acids is 2. The van der Waals surface area contributed by atoms with Gasteiger partial charge in [0.15, 0.2) is 0 Å². The van der Waals surface area contributed by atoms with Gasteiger partial charge < -0.3 is 14.5 Å². The predicted octanol–water partition coefficient (Wildman–Crippen LogP) is 5.94. The molecule has 0 saturated heterocycles. The molecular formula is C27H29BrN2O3S. The van der Waals surface area contributed by atoms with Gasteiger partial charge in [-0.25, -0.2) is 0 Å². The summed E-state index contributed by atoms with van der Waals surface area (Å²) in [6.45, 7) is 3.35. The van der Waals surface area contributed by atoms with Crippen LogP contribution in [0.3, 0.4) is 0 Å². The van der Waals surface area contributed by atoms with Crippen LogP contribution in [0.15, 0.2) is 64.5 Å².